The van der Waals surface area contributed by atoms with E-state index in [0.29, 0.717) is 0 Å². The molecule has 1 fully saturated rings. The Morgan fingerprint density at radius 1 is 1.41 bits per heavy atom. The van der Waals surface area contributed by atoms with Crippen molar-refractivity contribution in [3.05, 3.63) is 0 Å². The first-order chi connectivity index (χ1) is 7.83. The van der Waals surface area contributed by atoms with Crippen LogP contribution in [0, 0.1) is 0 Å². The summed E-state index contributed by atoms with van der Waals surface area (Å²) in [6, 6.07) is 0.851. The van der Waals surface area contributed by atoms with Gasteiger partial charge in [-0.25, -0.2) is 0 Å². The van der Waals surface area contributed by atoms with Gasteiger partial charge in [0.2, 0.25) is 0 Å². The monoisotopic (exact) mass is 242 g/mol. The first-order valence-electron chi connectivity index (χ1n) is 7.01. The van der Waals surface area contributed by atoms with E-state index in [9.17, 15) is 0 Å². The molecule has 1 rings (SSSR count). The Morgan fingerprint density at radius 3 is 2.59 bits per heavy atom. The molecule has 1 heterocycles. The Balaban J connectivity index is 2.40. The quantitative estimate of drug-likeness (QED) is 0.804. The highest BCUT2D eigenvalue weighted by Crippen LogP contribution is 2.21. The van der Waals surface area contributed by atoms with Crippen molar-refractivity contribution in [2.24, 2.45) is 5.73 Å². The van der Waals surface area contributed by atoms with Gasteiger partial charge < -0.3 is 10.5 Å². The fourth-order valence-electron chi connectivity index (χ4n) is 2.66. The van der Waals surface area contributed by atoms with Crippen molar-refractivity contribution >= 4 is 0 Å². The molecule has 3 atom stereocenters. The minimum atomic E-state index is -0.105. The number of likely N-dealkylation sites (tertiary alicyclic amines) is 1. The Hall–Kier alpha value is -0.120. The van der Waals surface area contributed by atoms with E-state index in [1.54, 1.807) is 0 Å². The average Bonchev–Trinajstić information content (AvgIpc) is 2.62. The van der Waals surface area contributed by atoms with E-state index in [1.807, 2.05) is 0 Å². The third kappa shape index (κ3) is 4.94. The first kappa shape index (κ1) is 14.9. The number of rotatable bonds is 5. The molecule has 0 aromatic carbocycles. The molecule has 0 radical (unpaired) electrons. The van der Waals surface area contributed by atoms with E-state index >= 15 is 0 Å². The molecule has 1 aliphatic rings. The van der Waals surface area contributed by atoms with Gasteiger partial charge in [-0.1, -0.05) is 6.92 Å². The fourth-order valence-corrected chi connectivity index (χ4v) is 2.66. The molecule has 102 valence electrons. The van der Waals surface area contributed by atoms with Gasteiger partial charge in [-0.05, 0) is 53.5 Å². The smallest absolute Gasteiger partial charge is 0.0717 e. The highest BCUT2D eigenvalue weighted by molar-refractivity contribution is 4.84. The lowest BCUT2D eigenvalue weighted by Gasteiger charge is -2.32. The van der Waals surface area contributed by atoms with Crippen LogP contribution < -0.4 is 5.73 Å². The van der Waals surface area contributed by atoms with Gasteiger partial charge in [-0.2, -0.15) is 0 Å². The normalized spacial score (nSPS) is 26.1. The average molecular weight is 242 g/mol. The molecule has 0 amide bonds. The van der Waals surface area contributed by atoms with Crippen molar-refractivity contribution in [3.63, 3.8) is 0 Å². The van der Waals surface area contributed by atoms with Crippen LogP contribution in [-0.2, 0) is 4.74 Å². The van der Waals surface area contributed by atoms with Crippen LogP contribution in [0.5, 0.6) is 0 Å². The van der Waals surface area contributed by atoms with Gasteiger partial charge in [0.15, 0.2) is 0 Å². The molecule has 0 aromatic rings. The SMILES string of the molecule is CCC1CCCN1C[C@@H](N)[C@@H](C)OC(C)(C)C. The highest BCUT2D eigenvalue weighted by Gasteiger charge is 2.27. The third-order valence-corrected chi connectivity index (χ3v) is 3.56. The second kappa shape index (κ2) is 6.17. The molecule has 17 heavy (non-hydrogen) atoms. The Morgan fingerprint density at radius 2 is 2.06 bits per heavy atom. The van der Waals surface area contributed by atoms with Crippen LogP contribution in [0.25, 0.3) is 0 Å². The van der Waals surface area contributed by atoms with Gasteiger partial charge in [-0.15, -0.1) is 0 Å². The zero-order valence-electron chi connectivity index (χ0n) is 12.2. The lowest BCUT2D eigenvalue weighted by molar-refractivity contribution is -0.0649. The Kier molecular flexibility index (Phi) is 5.42. The molecule has 1 aliphatic heterocycles. The zero-order valence-corrected chi connectivity index (χ0v) is 12.2. The Labute approximate surface area is 107 Å². The maximum Gasteiger partial charge on any atom is 0.0717 e. The van der Waals surface area contributed by atoms with Crippen molar-refractivity contribution < 1.29 is 4.74 Å². The molecular formula is C14H30N2O. The number of hydrogen-bond acceptors (Lipinski definition) is 3. The van der Waals surface area contributed by atoms with E-state index < -0.39 is 0 Å². The van der Waals surface area contributed by atoms with Gasteiger partial charge in [0.05, 0.1) is 11.7 Å². The molecule has 0 aromatic heterocycles. The van der Waals surface area contributed by atoms with Crippen molar-refractivity contribution in [2.45, 2.75) is 77.7 Å². The predicted octanol–water partition coefficient (Wildman–Crippen LogP) is 2.39. The second-order valence-electron chi connectivity index (χ2n) is 6.30. The van der Waals surface area contributed by atoms with Crippen molar-refractivity contribution in [1.82, 2.24) is 4.90 Å². The summed E-state index contributed by atoms with van der Waals surface area (Å²) in [5.41, 5.74) is 6.15. The van der Waals surface area contributed by atoms with Crippen LogP contribution in [0.4, 0.5) is 0 Å². The van der Waals surface area contributed by atoms with E-state index in [-0.39, 0.29) is 17.7 Å². The summed E-state index contributed by atoms with van der Waals surface area (Å²) in [5, 5.41) is 0. The standard InChI is InChI=1S/C14H30N2O/c1-6-12-8-7-9-16(12)10-13(15)11(2)17-14(3,4)5/h11-13H,6-10,15H2,1-5H3/t11-,12?,13-/m1/s1. The lowest BCUT2D eigenvalue weighted by Crippen LogP contribution is -2.48. The van der Waals surface area contributed by atoms with Gasteiger partial charge in [0.1, 0.15) is 0 Å². The lowest BCUT2D eigenvalue weighted by atomic mass is 10.1. The topological polar surface area (TPSA) is 38.5 Å². The summed E-state index contributed by atoms with van der Waals surface area (Å²) >= 11 is 0. The second-order valence-corrected chi connectivity index (χ2v) is 6.30. The molecule has 0 saturated carbocycles. The van der Waals surface area contributed by atoms with Gasteiger partial charge >= 0.3 is 0 Å². The van der Waals surface area contributed by atoms with Crippen LogP contribution in [0.3, 0.4) is 0 Å². The summed E-state index contributed by atoms with van der Waals surface area (Å²) in [7, 11) is 0. The number of hydrogen-bond donors (Lipinski definition) is 1. The molecule has 3 nitrogen and oxygen atoms in total. The molecule has 0 spiro atoms. The minimum absolute atomic E-state index is 0.105. The summed E-state index contributed by atoms with van der Waals surface area (Å²) in [6.07, 6.45) is 4.01. The largest absolute Gasteiger partial charge is 0.371 e. The van der Waals surface area contributed by atoms with Crippen molar-refractivity contribution in [1.29, 1.82) is 0 Å². The number of nitrogens with two attached hydrogens (primary N) is 1. The van der Waals surface area contributed by atoms with E-state index in [0.717, 1.165) is 12.6 Å². The van der Waals surface area contributed by atoms with Gasteiger partial charge in [0, 0.05) is 18.6 Å². The maximum absolute atomic E-state index is 6.25. The highest BCUT2D eigenvalue weighted by atomic mass is 16.5. The first-order valence-corrected chi connectivity index (χ1v) is 7.01. The molecule has 3 heteroatoms. The number of nitrogens with zero attached hydrogens (tertiary/aromatic N) is 1. The molecule has 2 N–H and O–H groups in total. The summed E-state index contributed by atoms with van der Waals surface area (Å²) < 4.78 is 5.93. The van der Waals surface area contributed by atoms with Crippen LogP contribution in [0.15, 0.2) is 0 Å². The van der Waals surface area contributed by atoms with Crippen molar-refractivity contribution in [2.75, 3.05) is 13.1 Å². The van der Waals surface area contributed by atoms with Crippen LogP contribution in [0.2, 0.25) is 0 Å². The van der Waals surface area contributed by atoms with Gasteiger partial charge in [0.25, 0.3) is 0 Å². The van der Waals surface area contributed by atoms with E-state index in [1.165, 1.54) is 25.8 Å². The van der Waals surface area contributed by atoms with Crippen LogP contribution in [0.1, 0.15) is 53.9 Å². The maximum atomic E-state index is 6.25. The molecule has 1 saturated heterocycles. The molecule has 0 aliphatic carbocycles. The molecular weight excluding hydrogens is 212 g/mol. The van der Waals surface area contributed by atoms with Crippen LogP contribution >= 0.6 is 0 Å². The van der Waals surface area contributed by atoms with Crippen LogP contribution in [-0.4, -0.2) is 41.8 Å². The van der Waals surface area contributed by atoms with Crippen molar-refractivity contribution in [3.8, 4) is 0 Å². The summed E-state index contributed by atoms with van der Waals surface area (Å²) in [6.45, 7) is 12.8. The summed E-state index contributed by atoms with van der Waals surface area (Å²) in [5.74, 6) is 0. The van der Waals surface area contributed by atoms with E-state index in [4.69, 9.17) is 10.5 Å². The minimum Gasteiger partial charge on any atom is -0.371 e. The summed E-state index contributed by atoms with van der Waals surface area (Å²) in [4.78, 5) is 2.53. The third-order valence-electron chi connectivity index (χ3n) is 3.56. The molecule has 1 unspecified atom stereocenters. The zero-order chi connectivity index (χ0) is 13.1. The van der Waals surface area contributed by atoms with Gasteiger partial charge in [-0.3, -0.25) is 4.90 Å². The van der Waals surface area contributed by atoms with E-state index in [2.05, 4.69) is 39.5 Å². The fraction of sp³-hybridized carbons (Fsp3) is 1.00. The number of ether oxygens (including phenoxy) is 1. The molecule has 0 bridgehead atoms. The Bertz CT molecular complexity index is 225. The predicted molar refractivity (Wildman–Crippen MR) is 73.2 cm³/mol.